The number of hydrogen-bond donors (Lipinski definition) is 1. The quantitative estimate of drug-likeness (QED) is 0.144. The minimum atomic E-state index is -0.347. The van der Waals surface area contributed by atoms with E-state index in [1.54, 1.807) is 12.1 Å². The van der Waals surface area contributed by atoms with Crippen LogP contribution in [0, 0.1) is 0 Å². The van der Waals surface area contributed by atoms with Crippen molar-refractivity contribution in [3.8, 4) is 5.75 Å². The van der Waals surface area contributed by atoms with Crippen LogP contribution in [-0.4, -0.2) is 26.6 Å². The van der Waals surface area contributed by atoms with E-state index in [1.807, 2.05) is 16.8 Å². The van der Waals surface area contributed by atoms with Gasteiger partial charge in [0.15, 0.2) is 0 Å². The van der Waals surface area contributed by atoms with Gasteiger partial charge in [-0.3, -0.25) is 9.67 Å². The van der Waals surface area contributed by atoms with Crippen molar-refractivity contribution in [3.63, 3.8) is 0 Å². The summed E-state index contributed by atoms with van der Waals surface area (Å²) < 4.78 is 13.0. The molecule has 5 aromatic rings. The van der Waals surface area contributed by atoms with Crippen LogP contribution in [0.1, 0.15) is 61.9 Å². The molecule has 8 heteroatoms. The smallest absolute Gasteiger partial charge is 0.336 e. The molecule has 0 atom stereocenters. The molecule has 0 amide bonds. The lowest BCUT2D eigenvalue weighted by Crippen LogP contribution is -2.11. The van der Waals surface area contributed by atoms with Crippen molar-refractivity contribution >= 4 is 27.6 Å². The summed E-state index contributed by atoms with van der Waals surface area (Å²) in [6.45, 7) is 2.18. The van der Waals surface area contributed by atoms with E-state index < -0.39 is 0 Å². The first kappa shape index (κ1) is 26.0. The molecule has 1 aliphatic rings. The topological polar surface area (TPSA) is 95.1 Å². The fourth-order valence-corrected chi connectivity index (χ4v) is 5.51. The maximum absolute atomic E-state index is 11.4. The highest BCUT2D eigenvalue weighted by atomic mass is 16.5. The summed E-state index contributed by atoms with van der Waals surface area (Å²) in [7, 11) is 0. The van der Waals surface area contributed by atoms with Crippen LogP contribution in [0.3, 0.4) is 0 Å². The average molecular weight is 538 g/mol. The largest absolute Gasteiger partial charge is 0.493 e. The Morgan fingerprint density at radius 3 is 2.77 bits per heavy atom. The number of hydrogen-bond acceptors (Lipinski definition) is 7. The van der Waals surface area contributed by atoms with Gasteiger partial charge in [0, 0.05) is 40.8 Å². The van der Waals surface area contributed by atoms with E-state index in [0.717, 1.165) is 73.8 Å². The summed E-state index contributed by atoms with van der Waals surface area (Å²) in [5.74, 6) is 0.732. The van der Waals surface area contributed by atoms with Gasteiger partial charge in [0.2, 0.25) is 0 Å². The van der Waals surface area contributed by atoms with Gasteiger partial charge in [0.25, 0.3) is 0 Å². The third-order valence-electron chi connectivity index (χ3n) is 7.60. The minimum Gasteiger partial charge on any atom is -0.493 e. The molecule has 1 N–H and O–H groups in total. The lowest BCUT2D eigenvalue weighted by Gasteiger charge is -2.21. The standard InChI is InChI=1S/C32H35N5O3/c38-31-17-15-23-14-16-25(20-30(23)40-31)39-19-9-3-1-2-8-18-37-22-24(35-36-37)21-33-32-26-10-4-6-12-28(26)34-29-13-7-5-11-27(29)32/h4,6,10,12,14-17,20,22H,1-3,5,7-9,11,13,18-19,21H2,(H,33,34). The van der Waals surface area contributed by atoms with E-state index in [-0.39, 0.29) is 5.63 Å². The summed E-state index contributed by atoms with van der Waals surface area (Å²) in [4.78, 5) is 16.4. The molecular formula is C32H35N5O3. The molecule has 0 radical (unpaired) electrons. The number of aromatic nitrogens is 4. The summed E-state index contributed by atoms with van der Waals surface area (Å²) in [5, 5.41) is 14.5. The molecule has 3 aromatic heterocycles. The molecule has 6 rings (SSSR count). The Labute approximate surface area is 233 Å². The third kappa shape index (κ3) is 6.17. The second kappa shape index (κ2) is 12.3. The Morgan fingerprint density at radius 2 is 1.80 bits per heavy atom. The number of benzene rings is 2. The number of unbranched alkanes of at least 4 members (excludes halogenated alkanes) is 4. The zero-order chi connectivity index (χ0) is 27.1. The second-order valence-electron chi connectivity index (χ2n) is 10.5. The van der Waals surface area contributed by atoms with E-state index in [4.69, 9.17) is 14.1 Å². The Balaban J connectivity index is 0.919. The van der Waals surface area contributed by atoms with Crippen LogP contribution in [0.5, 0.6) is 5.75 Å². The zero-order valence-electron chi connectivity index (χ0n) is 22.8. The van der Waals surface area contributed by atoms with Crippen LogP contribution in [-0.2, 0) is 25.9 Å². The summed E-state index contributed by atoms with van der Waals surface area (Å²) in [5.41, 5.74) is 6.05. The Hall–Kier alpha value is -4.20. The van der Waals surface area contributed by atoms with E-state index in [1.165, 1.54) is 41.2 Å². The van der Waals surface area contributed by atoms with Crippen molar-refractivity contribution < 1.29 is 9.15 Å². The van der Waals surface area contributed by atoms with Crippen LogP contribution >= 0.6 is 0 Å². The van der Waals surface area contributed by atoms with Crippen LogP contribution in [0.25, 0.3) is 21.9 Å². The molecule has 0 unspecified atom stereocenters. The third-order valence-corrected chi connectivity index (χ3v) is 7.60. The van der Waals surface area contributed by atoms with Crippen molar-refractivity contribution in [3.05, 3.63) is 88.2 Å². The number of anilines is 1. The van der Waals surface area contributed by atoms with Crippen molar-refractivity contribution in [2.24, 2.45) is 0 Å². The molecule has 8 nitrogen and oxygen atoms in total. The predicted octanol–water partition coefficient (Wildman–Crippen LogP) is 6.45. The van der Waals surface area contributed by atoms with Crippen LogP contribution in [0.4, 0.5) is 5.69 Å². The Morgan fingerprint density at radius 1 is 0.950 bits per heavy atom. The zero-order valence-corrected chi connectivity index (χ0v) is 22.8. The monoisotopic (exact) mass is 537 g/mol. The van der Waals surface area contributed by atoms with Crippen molar-refractivity contribution in [1.82, 2.24) is 20.0 Å². The number of para-hydroxylation sites is 1. The maximum Gasteiger partial charge on any atom is 0.336 e. The molecular weight excluding hydrogens is 502 g/mol. The van der Waals surface area contributed by atoms with Crippen molar-refractivity contribution in [2.75, 3.05) is 11.9 Å². The minimum absolute atomic E-state index is 0.347. The summed E-state index contributed by atoms with van der Waals surface area (Å²) >= 11 is 0. The van der Waals surface area contributed by atoms with Crippen molar-refractivity contribution in [1.29, 1.82) is 0 Å². The number of rotatable bonds is 12. The summed E-state index contributed by atoms with van der Waals surface area (Å²) in [6.07, 6.45) is 12.1. The molecule has 40 heavy (non-hydrogen) atoms. The number of fused-ring (bicyclic) bond motifs is 3. The first-order chi connectivity index (χ1) is 19.7. The lowest BCUT2D eigenvalue weighted by atomic mass is 9.92. The highest BCUT2D eigenvalue weighted by molar-refractivity contribution is 5.93. The predicted molar refractivity (Wildman–Crippen MR) is 157 cm³/mol. The Bertz CT molecular complexity index is 1660. The van der Waals surface area contributed by atoms with Gasteiger partial charge < -0.3 is 14.5 Å². The molecule has 206 valence electrons. The average Bonchev–Trinajstić information content (AvgIpc) is 3.44. The normalized spacial score (nSPS) is 13.0. The second-order valence-corrected chi connectivity index (χ2v) is 10.5. The van der Waals surface area contributed by atoms with Gasteiger partial charge in [-0.05, 0) is 68.4 Å². The van der Waals surface area contributed by atoms with E-state index in [0.29, 0.717) is 18.7 Å². The highest BCUT2D eigenvalue weighted by Gasteiger charge is 2.18. The fraction of sp³-hybridized carbons (Fsp3) is 0.375. The molecule has 2 aromatic carbocycles. The van der Waals surface area contributed by atoms with E-state index in [2.05, 4.69) is 46.1 Å². The van der Waals surface area contributed by atoms with Gasteiger partial charge in [-0.1, -0.05) is 42.7 Å². The van der Waals surface area contributed by atoms with Gasteiger partial charge in [-0.25, -0.2) is 4.79 Å². The van der Waals surface area contributed by atoms with Gasteiger partial charge in [-0.2, -0.15) is 0 Å². The molecule has 0 fully saturated rings. The molecule has 0 bridgehead atoms. The maximum atomic E-state index is 11.4. The first-order valence-corrected chi connectivity index (χ1v) is 14.4. The fourth-order valence-electron chi connectivity index (χ4n) is 5.51. The molecule has 0 saturated heterocycles. The first-order valence-electron chi connectivity index (χ1n) is 14.4. The van der Waals surface area contributed by atoms with Gasteiger partial charge in [0.05, 0.1) is 24.9 Å². The number of pyridine rings is 1. The highest BCUT2D eigenvalue weighted by Crippen LogP contribution is 2.33. The van der Waals surface area contributed by atoms with Gasteiger partial charge >= 0.3 is 5.63 Å². The number of nitrogens with one attached hydrogen (secondary N) is 1. The van der Waals surface area contributed by atoms with Crippen LogP contribution in [0.2, 0.25) is 0 Å². The number of ether oxygens (including phenoxy) is 1. The van der Waals surface area contributed by atoms with Crippen LogP contribution < -0.4 is 15.7 Å². The van der Waals surface area contributed by atoms with Gasteiger partial charge in [-0.15, -0.1) is 5.10 Å². The number of nitrogens with zero attached hydrogens (tertiary/aromatic N) is 4. The van der Waals surface area contributed by atoms with Crippen LogP contribution in [0.15, 0.2) is 70.0 Å². The van der Waals surface area contributed by atoms with Crippen molar-refractivity contribution in [2.45, 2.75) is 70.9 Å². The summed E-state index contributed by atoms with van der Waals surface area (Å²) in [6, 6.07) is 17.2. The molecule has 0 aliphatic heterocycles. The van der Waals surface area contributed by atoms with Gasteiger partial charge in [0.1, 0.15) is 17.0 Å². The van der Waals surface area contributed by atoms with E-state index >= 15 is 0 Å². The molecule has 0 spiro atoms. The molecule has 0 saturated carbocycles. The van der Waals surface area contributed by atoms with E-state index in [9.17, 15) is 4.79 Å². The molecule has 1 aliphatic carbocycles. The number of aryl methyl sites for hydroxylation is 2. The molecule has 3 heterocycles. The lowest BCUT2D eigenvalue weighted by molar-refractivity contribution is 0.304. The SMILES string of the molecule is O=c1ccc2ccc(OCCCCCCCn3cc(CNc4c5c(nc6ccccc46)CCCC5)nn3)cc2o1. The Kier molecular flexibility index (Phi) is 8.02.